The Morgan fingerprint density at radius 2 is 1.83 bits per heavy atom. The number of nitrogens with zero attached hydrogens (tertiary/aromatic N) is 2. The first kappa shape index (κ1) is 19.4. The van der Waals surface area contributed by atoms with Crippen molar-refractivity contribution in [2.75, 3.05) is 33.9 Å². The molecule has 0 radical (unpaired) electrons. The van der Waals surface area contributed by atoms with Gasteiger partial charge in [-0.1, -0.05) is 36.4 Å². The summed E-state index contributed by atoms with van der Waals surface area (Å²) in [5.41, 5.74) is 8.73. The van der Waals surface area contributed by atoms with Crippen molar-refractivity contribution in [3.63, 3.8) is 0 Å². The van der Waals surface area contributed by atoms with Crippen LogP contribution in [0, 0.1) is 0 Å². The molecule has 0 unspecified atom stereocenters. The van der Waals surface area contributed by atoms with Crippen molar-refractivity contribution in [2.24, 2.45) is 0 Å². The normalized spacial score (nSPS) is 16.3. The zero-order valence-electron chi connectivity index (χ0n) is 17.2. The molecule has 2 aliphatic rings. The number of hydrogen-bond donors (Lipinski definition) is 1. The van der Waals surface area contributed by atoms with Gasteiger partial charge in [0.05, 0.1) is 19.4 Å². The maximum Gasteiger partial charge on any atom is 0.123 e. The van der Waals surface area contributed by atoms with Crippen molar-refractivity contribution in [2.45, 2.75) is 19.4 Å². The third-order valence-electron chi connectivity index (χ3n) is 5.40. The van der Waals surface area contributed by atoms with E-state index in [0.29, 0.717) is 6.61 Å². The highest BCUT2D eigenvalue weighted by molar-refractivity contribution is 5.42. The minimum atomic E-state index is 0.714. The molecule has 152 valence electrons. The summed E-state index contributed by atoms with van der Waals surface area (Å²) in [5.74, 6) is 1.88. The molecule has 1 N–H and O–H groups in total. The number of allylic oxidation sites excluding steroid dienone is 1. The smallest absolute Gasteiger partial charge is 0.123 e. The maximum atomic E-state index is 5.92. The number of hydrogen-bond acceptors (Lipinski definition) is 5. The number of para-hydroxylation sites is 2. The molecule has 2 aliphatic heterocycles. The number of rotatable bonds is 8. The molecule has 0 bridgehead atoms. The molecule has 2 heterocycles. The number of hydrazine groups is 1. The summed E-state index contributed by atoms with van der Waals surface area (Å²) in [6, 6.07) is 18.3. The van der Waals surface area contributed by atoms with Crippen molar-refractivity contribution < 1.29 is 9.47 Å². The quantitative estimate of drug-likeness (QED) is 0.690. The number of ether oxygens (including phenoxy) is 2. The largest absolute Gasteiger partial charge is 0.496 e. The predicted molar refractivity (Wildman–Crippen MR) is 115 cm³/mol. The second kappa shape index (κ2) is 9.05. The summed E-state index contributed by atoms with van der Waals surface area (Å²) in [6.45, 7) is 3.37. The minimum absolute atomic E-state index is 0.714. The van der Waals surface area contributed by atoms with Gasteiger partial charge in [0.15, 0.2) is 0 Å². The fourth-order valence-corrected chi connectivity index (χ4v) is 4.01. The summed E-state index contributed by atoms with van der Waals surface area (Å²) >= 11 is 0. The maximum absolute atomic E-state index is 5.92. The highest BCUT2D eigenvalue weighted by Crippen LogP contribution is 2.32. The van der Waals surface area contributed by atoms with Gasteiger partial charge in [0.2, 0.25) is 0 Å². The van der Waals surface area contributed by atoms with E-state index in [2.05, 4.69) is 40.6 Å². The van der Waals surface area contributed by atoms with E-state index in [1.165, 1.54) is 22.5 Å². The van der Waals surface area contributed by atoms with Gasteiger partial charge >= 0.3 is 0 Å². The molecule has 29 heavy (non-hydrogen) atoms. The van der Waals surface area contributed by atoms with Crippen molar-refractivity contribution in [1.29, 1.82) is 0 Å². The van der Waals surface area contributed by atoms with Gasteiger partial charge in [0.25, 0.3) is 0 Å². The Labute approximate surface area is 173 Å². The van der Waals surface area contributed by atoms with E-state index in [4.69, 9.17) is 9.47 Å². The Bertz CT molecular complexity index is 892. The molecule has 5 nitrogen and oxygen atoms in total. The Hall–Kier alpha value is -2.92. The molecule has 5 heteroatoms. The van der Waals surface area contributed by atoms with Crippen LogP contribution in [0.15, 0.2) is 77.6 Å². The first-order chi connectivity index (χ1) is 14.2. The Morgan fingerprint density at radius 1 is 1.03 bits per heavy atom. The van der Waals surface area contributed by atoms with Gasteiger partial charge in [-0.3, -0.25) is 0 Å². The summed E-state index contributed by atoms with van der Waals surface area (Å²) in [4.78, 5) is 2.47. The second-order valence-electron chi connectivity index (χ2n) is 7.47. The highest BCUT2D eigenvalue weighted by atomic mass is 16.5. The fraction of sp³-hybridized carbons (Fsp3) is 0.333. The zero-order chi connectivity index (χ0) is 20.1. The third-order valence-corrected chi connectivity index (χ3v) is 5.40. The molecule has 0 saturated carbocycles. The van der Waals surface area contributed by atoms with E-state index in [1.54, 1.807) is 7.11 Å². The van der Waals surface area contributed by atoms with Gasteiger partial charge in [0.1, 0.15) is 11.5 Å². The van der Waals surface area contributed by atoms with Gasteiger partial charge in [-0.2, -0.15) is 0 Å². The van der Waals surface area contributed by atoms with Crippen LogP contribution >= 0.6 is 0 Å². The molecule has 0 amide bonds. The number of nitrogens with one attached hydrogen (secondary N) is 1. The third kappa shape index (κ3) is 4.57. The Kier molecular flexibility index (Phi) is 6.06. The van der Waals surface area contributed by atoms with Crippen LogP contribution in [0.3, 0.4) is 0 Å². The summed E-state index contributed by atoms with van der Waals surface area (Å²) < 4.78 is 11.5. The lowest BCUT2D eigenvalue weighted by Crippen LogP contribution is -2.29. The molecule has 0 atom stereocenters. The molecule has 0 aromatic heterocycles. The zero-order valence-corrected chi connectivity index (χ0v) is 17.2. The summed E-state index contributed by atoms with van der Waals surface area (Å²) in [5, 5.41) is 2.15. The van der Waals surface area contributed by atoms with Gasteiger partial charge in [-0.05, 0) is 37.1 Å². The molecular weight excluding hydrogens is 362 g/mol. The van der Waals surface area contributed by atoms with Crippen molar-refractivity contribution in [3.8, 4) is 11.5 Å². The highest BCUT2D eigenvalue weighted by Gasteiger charge is 2.28. The lowest BCUT2D eigenvalue weighted by Gasteiger charge is -2.32. The van der Waals surface area contributed by atoms with Gasteiger partial charge in [-0.25, -0.2) is 5.01 Å². The van der Waals surface area contributed by atoms with Crippen molar-refractivity contribution in [3.05, 3.63) is 83.2 Å². The van der Waals surface area contributed by atoms with E-state index >= 15 is 0 Å². The lowest BCUT2D eigenvalue weighted by molar-refractivity contribution is 0.290. The first-order valence-electron chi connectivity index (χ1n) is 10.2. The fourth-order valence-electron chi connectivity index (χ4n) is 4.01. The predicted octanol–water partition coefficient (Wildman–Crippen LogP) is 3.96. The summed E-state index contributed by atoms with van der Waals surface area (Å²) in [6.07, 6.45) is 4.26. The monoisotopic (exact) mass is 391 g/mol. The molecule has 2 aromatic rings. The van der Waals surface area contributed by atoms with Gasteiger partial charge < -0.3 is 19.8 Å². The number of methoxy groups -OCH3 is 1. The van der Waals surface area contributed by atoms with Crippen LogP contribution in [0.5, 0.6) is 11.5 Å². The van der Waals surface area contributed by atoms with E-state index in [0.717, 1.165) is 44.0 Å². The van der Waals surface area contributed by atoms with Crippen LogP contribution in [0.25, 0.3) is 0 Å². The molecule has 4 rings (SSSR count). The standard InChI is InChI=1S/C24H29N3O2/c1-26-18-21-22(25-26)14-15-27(17-19-9-6-7-13-24(19)28-2)23(21)12-8-16-29-20-10-4-3-5-11-20/h3-7,9-11,13-14,25H,8,12,15-18H2,1-2H3. The Morgan fingerprint density at radius 3 is 2.66 bits per heavy atom. The molecule has 0 spiro atoms. The van der Waals surface area contributed by atoms with Crippen LogP contribution < -0.4 is 14.9 Å². The van der Waals surface area contributed by atoms with Crippen LogP contribution in [0.4, 0.5) is 0 Å². The van der Waals surface area contributed by atoms with Gasteiger partial charge in [0, 0.05) is 43.5 Å². The molecule has 2 aromatic carbocycles. The first-order valence-corrected chi connectivity index (χ1v) is 10.2. The molecule has 0 aliphatic carbocycles. The van der Waals surface area contributed by atoms with E-state index in [1.807, 2.05) is 42.5 Å². The molecule has 1 saturated heterocycles. The lowest BCUT2D eigenvalue weighted by atomic mass is 10.0. The van der Waals surface area contributed by atoms with Crippen molar-refractivity contribution in [1.82, 2.24) is 15.3 Å². The number of fused-ring (bicyclic) bond motifs is 1. The van der Waals surface area contributed by atoms with Crippen LogP contribution in [-0.2, 0) is 6.54 Å². The minimum Gasteiger partial charge on any atom is -0.496 e. The van der Waals surface area contributed by atoms with Crippen LogP contribution in [0.2, 0.25) is 0 Å². The molecule has 1 fully saturated rings. The van der Waals surface area contributed by atoms with Crippen LogP contribution in [0.1, 0.15) is 18.4 Å². The average Bonchev–Trinajstić information content (AvgIpc) is 3.14. The van der Waals surface area contributed by atoms with E-state index in [-0.39, 0.29) is 0 Å². The van der Waals surface area contributed by atoms with Gasteiger partial charge in [-0.15, -0.1) is 0 Å². The van der Waals surface area contributed by atoms with Crippen LogP contribution in [-0.4, -0.2) is 43.8 Å². The van der Waals surface area contributed by atoms with Crippen molar-refractivity contribution >= 4 is 0 Å². The topological polar surface area (TPSA) is 37.0 Å². The summed E-state index contributed by atoms with van der Waals surface area (Å²) in [7, 11) is 3.83. The van der Waals surface area contributed by atoms with E-state index in [9.17, 15) is 0 Å². The Balaban J connectivity index is 1.47. The number of likely N-dealkylation sites (N-methyl/N-ethyl adjacent to an activating group) is 1. The SMILES string of the molecule is COc1ccccc1CN1CC=C2NN(C)CC2=C1CCCOc1ccccc1. The number of benzene rings is 2. The molecular formula is C24H29N3O2. The average molecular weight is 392 g/mol. The second-order valence-corrected chi connectivity index (χ2v) is 7.47. The van der Waals surface area contributed by atoms with E-state index < -0.39 is 0 Å².